The molecule has 0 saturated heterocycles. The maximum absolute atomic E-state index is 12.3. The first-order valence-electron chi connectivity index (χ1n) is 6.57. The van der Waals surface area contributed by atoms with Gasteiger partial charge in [-0.1, -0.05) is 15.9 Å². The second-order valence-corrected chi connectivity index (χ2v) is 5.63. The lowest BCUT2D eigenvalue weighted by Gasteiger charge is -2.08. The number of fused-ring (bicyclic) bond motifs is 1. The summed E-state index contributed by atoms with van der Waals surface area (Å²) in [5, 5.41) is 0.535. The van der Waals surface area contributed by atoms with E-state index in [-0.39, 0.29) is 5.43 Å². The Morgan fingerprint density at radius 2 is 1.64 bits per heavy atom. The predicted molar refractivity (Wildman–Crippen MR) is 88.7 cm³/mol. The molecule has 0 N–H and O–H groups in total. The van der Waals surface area contributed by atoms with Gasteiger partial charge in [0.1, 0.15) is 22.8 Å². The van der Waals surface area contributed by atoms with E-state index in [0.717, 1.165) is 10.0 Å². The van der Waals surface area contributed by atoms with Crippen LogP contribution in [0.2, 0.25) is 0 Å². The molecule has 2 aromatic carbocycles. The molecule has 4 nitrogen and oxygen atoms in total. The molecule has 0 radical (unpaired) electrons. The lowest BCUT2D eigenvalue weighted by molar-refractivity contribution is 0.394. The standard InChI is InChI=1S/C17H13BrO4/c1-20-12-5-10(6-13(8-12)21-2)17-9-15(19)14-7-11(18)3-4-16(14)22-17/h3-9H,1-2H3. The molecular formula is C17H13BrO4. The highest BCUT2D eigenvalue weighted by Crippen LogP contribution is 2.30. The van der Waals surface area contributed by atoms with Gasteiger partial charge < -0.3 is 13.9 Å². The van der Waals surface area contributed by atoms with Crippen LogP contribution in [0, 0.1) is 0 Å². The van der Waals surface area contributed by atoms with Crippen LogP contribution in [0.5, 0.6) is 11.5 Å². The molecule has 0 spiro atoms. The Labute approximate surface area is 135 Å². The molecular weight excluding hydrogens is 348 g/mol. The summed E-state index contributed by atoms with van der Waals surface area (Å²) in [5.41, 5.74) is 1.16. The van der Waals surface area contributed by atoms with Gasteiger partial charge in [0, 0.05) is 22.2 Å². The van der Waals surface area contributed by atoms with Gasteiger partial charge in [-0.15, -0.1) is 0 Å². The van der Waals surface area contributed by atoms with E-state index in [1.165, 1.54) is 6.07 Å². The Morgan fingerprint density at radius 1 is 0.955 bits per heavy atom. The van der Waals surface area contributed by atoms with E-state index in [0.29, 0.717) is 28.2 Å². The molecule has 5 heteroatoms. The van der Waals surface area contributed by atoms with Gasteiger partial charge in [0.25, 0.3) is 0 Å². The van der Waals surface area contributed by atoms with E-state index >= 15 is 0 Å². The zero-order valence-corrected chi connectivity index (χ0v) is 13.6. The molecule has 0 aliphatic rings. The van der Waals surface area contributed by atoms with Gasteiger partial charge in [-0.25, -0.2) is 0 Å². The second kappa shape index (κ2) is 5.85. The Hall–Kier alpha value is -2.27. The van der Waals surface area contributed by atoms with Crippen molar-refractivity contribution in [2.45, 2.75) is 0 Å². The highest BCUT2D eigenvalue weighted by molar-refractivity contribution is 9.10. The van der Waals surface area contributed by atoms with E-state index in [2.05, 4.69) is 15.9 Å². The molecule has 3 rings (SSSR count). The van der Waals surface area contributed by atoms with Crippen LogP contribution in [0.4, 0.5) is 0 Å². The van der Waals surface area contributed by atoms with Gasteiger partial charge in [-0.3, -0.25) is 4.79 Å². The van der Waals surface area contributed by atoms with Crippen molar-refractivity contribution < 1.29 is 13.9 Å². The molecule has 0 atom stereocenters. The van der Waals surface area contributed by atoms with Crippen molar-refractivity contribution in [2.24, 2.45) is 0 Å². The number of rotatable bonds is 3. The number of ether oxygens (including phenoxy) is 2. The predicted octanol–water partition coefficient (Wildman–Crippen LogP) is 4.24. The molecule has 1 aromatic heterocycles. The third-order valence-corrected chi connectivity index (χ3v) is 3.82. The molecule has 0 aliphatic carbocycles. The first-order chi connectivity index (χ1) is 10.6. The lowest BCUT2D eigenvalue weighted by Crippen LogP contribution is -2.00. The average Bonchev–Trinajstić information content (AvgIpc) is 2.54. The summed E-state index contributed by atoms with van der Waals surface area (Å²) in [6.07, 6.45) is 0. The largest absolute Gasteiger partial charge is 0.497 e. The van der Waals surface area contributed by atoms with Crippen molar-refractivity contribution in [1.29, 1.82) is 0 Å². The Bertz CT molecular complexity index is 877. The highest BCUT2D eigenvalue weighted by Gasteiger charge is 2.10. The lowest BCUT2D eigenvalue weighted by atomic mass is 10.1. The summed E-state index contributed by atoms with van der Waals surface area (Å²) >= 11 is 3.35. The Kier molecular flexibility index (Phi) is 3.90. The maximum atomic E-state index is 12.3. The highest BCUT2D eigenvalue weighted by atomic mass is 79.9. The quantitative estimate of drug-likeness (QED) is 0.700. The molecule has 3 aromatic rings. The van der Waals surface area contributed by atoms with Crippen LogP contribution in [0.3, 0.4) is 0 Å². The number of benzene rings is 2. The Morgan fingerprint density at radius 3 is 2.27 bits per heavy atom. The van der Waals surface area contributed by atoms with Crippen molar-refractivity contribution >= 4 is 26.9 Å². The SMILES string of the molecule is COc1cc(OC)cc(-c2cc(=O)c3cc(Br)ccc3o2)c1. The zero-order valence-electron chi connectivity index (χ0n) is 12.1. The zero-order chi connectivity index (χ0) is 15.7. The van der Waals surface area contributed by atoms with Crippen LogP contribution in [0.1, 0.15) is 0 Å². The topological polar surface area (TPSA) is 48.7 Å². The first kappa shape index (κ1) is 14.7. The van der Waals surface area contributed by atoms with Crippen molar-refractivity contribution in [1.82, 2.24) is 0 Å². The Balaban J connectivity index is 2.22. The average molecular weight is 361 g/mol. The summed E-state index contributed by atoms with van der Waals surface area (Å²) in [4.78, 5) is 12.3. The van der Waals surface area contributed by atoms with Crippen molar-refractivity contribution in [3.05, 3.63) is 57.2 Å². The van der Waals surface area contributed by atoms with E-state index < -0.39 is 0 Å². The van der Waals surface area contributed by atoms with Gasteiger partial charge in [-0.2, -0.15) is 0 Å². The molecule has 112 valence electrons. The van der Waals surface area contributed by atoms with Gasteiger partial charge in [0.05, 0.1) is 19.6 Å². The normalized spacial score (nSPS) is 10.7. The van der Waals surface area contributed by atoms with Crippen molar-refractivity contribution in [3.63, 3.8) is 0 Å². The van der Waals surface area contributed by atoms with Gasteiger partial charge >= 0.3 is 0 Å². The fourth-order valence-corrected chi connectivity index (χ4v) is 2.58. The minimum Gasteiger partial charge on any atom is -0.497 e. The van der Waals surface area contributed by atoms with Crippen molar-refractivity contribution in [3.8, 4) is 22.8 Å². The van der Waals surface area contributed by atoms with Crippen LogP contribution in [-0.4, -0.2) is 14.2 Å². The van der Waals surface area contributed by atoms with Crippen LogP contribution in [-0.2, 0) is 0 Å². The van der Waals surface area contributed by atoms with E-state index in [4.69, 9.17) is 13.9 Å². The molecule has 0 saturated carbocycles. The third-order valence-electron chi connectivity index (χ3n) is 3.33. The van der Waals surface area contributed by atoms with Gasteiger partial charge in [-0.05, 0) is 30.3 Å². The van der Waals surface area contributed by atoms with E-state index in [1.54, 1.807) is 44.6 Å². The summed E-state index contributed by atoms with van der Waals surface area (Å²) in [6.45, 7) is 0. The molecule has 1 heterocycles. The van der Waals surface area contributed by atoms with Crippen LogP contribution < -0.4 is 14.9 Å². The molecule has 0 bridgehead atoms. The van der Waals surface area contributed by atoms with E-state index in [9.17, 15) is 4.79 Å². The first-order valence-corrected chi connectivity index (χ1v) is 7.37. The van der Waals surface area contributed by atoms with Crippen LogP contribution in [0.15, 0.2) is 56.1 Å². The van der Waals surface area contributed by atoms with Crippen molar-refractivity contribution in [2.75, 3.05) is 14.2 Å². The number of hydrogen-bond acceptors (Lipinski definition) is 4. The molecule has 0 amide bonds. The maximum Gasteiger partial charge on any atom is 0.193 e. The summed E-state index contributed by atoms with van der Waals surface area (Å²) in [5.74, 6) is 1.73. The minimum absolute atomic E-state index is 0.0978. The molecule has 0 fully saturated rings. The monoisotopic (exact) mass is 360 g/mol. The number of methoxy groups -OCH3 is 2. The fourth-order valence-electron chi connectivity index (χ4n) is 2.22. The minimum atomic E-state index is -0.0978. The van der Waals surface area contributed by atoms with E-state index in [1.807, 2.05) is 6.07 Å². The smallest absolute Gasteiger partial charge is 0.193 e. The molecule has 22 heavy (non-hydrogen) atoms. The van der Waals surface area contributed by atoms with Gasteiger partial charge in [0.15, 0.2) is 5.43 Å². The summed E-state index contributed by atoms with van der Waals surface area (Å²) < 4.78 is 17.2. The van der Waals surface area contributed by atoms with Crippen LogP contribution >= 0.6 is 15.9 Å². The molecule has 0 aliphatic heterocycles. The van der Waals surface area contributed by atoms with Gasteiger partial charge in [0.2, 0.25) is 0 Å². The second-order valence-electron chi connectivity index (χ2n) is 4.72. The molecule has 0 unspecified atom stereocenters. The summed E-state index contributed by atoms with van der Waals surface area (Å²) in [7, 11) is 3.15. The van der Waals surface area contributed by atoms with Crippen LogP contribution in [0.25, 0.3) is 22.3 Å². The number of halogens is 1. The fraction of sp³-hybridized carbons (Fsp3) is 0.118. The number of hydrogen-bond donors (Lipinski definition) is 0. The third kappa shape index (κ3) is 2.72. The summed E-state index contributed by atoms with van der Waals surface area (Å²) in [6, 6.07) is 12.2.